The van der Waals surface area contributed by atoms with Crippen LogP contribution in [-0.4, -0.2) is 39.2 Å². The van der Waals surface area contributed by atoms with Gasteiger partial charge < -0.3 is 13.8 Å². The molecule has 138 valence electrons. The lowest BCUT2D eigenvalue weighted by atomic mass is 10.0. The Morgan fingerprint density at radius 3 is 2.25 bits per heavy atom. The van der Waals surface area contributed by atoms with Gasteiger partial charge >= 0.3 is 13.6 Å². The maximum atomic E-state index is 12.3. The van der Waals surface area contributed by atoms with Crippen LogP contribution in [-0.2, 0) is 27.9 Å². The number of carbonyl (C=O) groups is 2. The van der Waals surface area contributed by atoms with E-state index in [4.69, 9.17) is 9.05 Å². The lowest BCUT2D eigenvalue weighted by molar-refractivity contribution is -0.140. The predicted octanol–water partition coefficient (Wildman–Crippen LogP) is 4.04. The number of hydrogen-bond donors (Lipinski definition) is 0. The third kappa shape index (κ3) is 6.88. The molecule has 0 fully saturated rings. The van der Waals surface area contributed by atoms with Crippen LogP contribution in [0.25, 0.3) is 0 Å². The summed E-state index contributed by atoms with van der Waals surface area (Å²) in [5.74, 6) is -0.00323. The van der Waals surface area contributed by atoms with Gasteiger partial charge in [0.1, 0.15) is 0 Å². The van der Waals surface area contributed by atoms with Crippen LogP contribution in [0, 0.1) is 0 Å². The van der Waals surface area contributed by atoms with E-state index in [1.807, 2.05) is 0 Å². The molecule has 24 heavy (non-hydrogen) atoms. The van der Waals surface area contributed by atoms with E-state index in [1.165, 1.54) is 21.3 Å². The first-order valence-electron chi connectivity index (χ1n) is 8.47. The van der Waals surface area contributed by atoms with Crippen LogP contribution in [0.5, 0.6) is 0 Å². The van der Waals surface area contributed by atoms with Crippen molar-refractivity contribution in [2.24, 2.45) is 0 Å². The molecule has 0 saturated carbocycles. The molecule has 6 nitrogen and oxygen atoms in total. The van der Waals surface area contributed by atoms with Crippen LogP contribution in [0.1, 0.15) is 57.8 Å². The zero-order chi connectivity index (χ0) is 18.0. The summed E-state index contributed by atoms with van der Waals surface area (Å²) in [6, 6.07) is 0. The highest BCUT2D eigenvalue weighted by atomic mass is 31.2. The van der Waals surface area contributed by atoms with Gasteiger partial charge in [-0.15, -0.1) is 0 Å². The Morgan fingerprint density at radius 2 is 1.62 bits per heavy atom. The maximum absolute atomic E-state index is 12.3. The fraction of sp³-hybridized carbons (Fsp3) is 0.765. The van der Waals surface area contributed by atoms with E-state index in [-0.39, 0.29) is 17.9 Å². The van der Waals surface area contributed by atoms with Crippen LogP contribution in [0.4, 0.5) is 0 Å². The molecule has 0 heterocycles. The van der Waals surface area contributed by atoms with Crippen molar-refractivity contribution in [3.63, 3.8) is 0 Å². The van der Waals surface area contributed by atoms with E-state index >= 15 is 0 Å². The first-order chi connectivity index (χ1) is 11.5. The number of methoxy groups -OCH3 is 1. The number of ketones is 1. The second kappa shape index (κ2) is 10.8. The van der Waals surface area contributed by atoms with Gasteiger partial charge in [-0.2, -0.15) is 0 Å². The van der Waals surface area contributed by atoms with Crippen LogP contribution < -0.4 is 0 Å². The molecule has 1 rings (SSSR count). The average molecular weight is 360 g/mol. The normalized spacial score (nSPS) is 15.2. The van der Waals surface area contributed by atoms with E-state index in [0.29, 0.717) is 19.3 Å². The van der Waals surface area contributed by atoms with Crippen LogP contribution in [0.3, 0.4) is 0 Å². The Balaban J connectivity index is 2.38. The Labute approximate surface area is 144 Å². The highest BCUT2D eigenvalue weighted by Crippen LogP contribution is 2.50. The Bertz CT molecular complexity index is 503. The van der Waals surface area contributed by atoms with E-state index in [0.717, 1.165) is 49.7 Å². The van der Waals surface area contributed by atoms with Gasteiger partial charge in [-0.1, -0.05) is 24.8 Å². The predicted molar refractivity (Wildman–Crippen MR) is 92.1 cm³/mol. The molecule has 0 saturated heterocycles. The summed E-state index contributed by atoms with van der Waals surface area (Å²) in [7, 11) is 1.03. The van der Waals surface area contributed by atoms with Gasteiger partial charge in [0, 0.05) is 27.1 Å². The largest absolute Gasteiger partial charge is 0.469 e. The third-order valence-corrected chi connectivity index (χ3v) is 6.28. The van der Waals surface area contributed by atoms with Crippen LogP contribution >= 0.6 is 7.60 Å². The lowest BCUT2D eigenvalue weighted by Crippen LogP contribution is -2.01. The van der Waals surface area contributed by atoms with Crippen molar-refractivity contribution in [1.82, 2.24) is 0 Å². The number of ether oxygens (including phenoxy) is 1. The van der Waals surface area contributed by atoms with Gasteiger partial charge in [0.2, 0.25) is 0 Å². The van der Waals surface area contributed by atoms with Gasteiger partial charge in [-0.25, -0.2) is 0 Å². The summed E-state index contributed by atoms with van der Waals surface area (Å²) in [4.78, 5) is 23.0. The quantitative estimate of drug-likeness (QED) is 0.297. The zero-order valence-electron chi connectivity index (χ0n) is 15.0. The summed E-state index contributed by atoms with van der Waals surface area (Å²) < 4.78 is 26.8. The van der Waals surface area contributed by atoms with Crippen molar-refractivity contribution in [2.75, 3.05) is 27.5 Å². The molecule has 0 amide bonds. The highest BCUT2D eigenvalue weighted by molar-refractivity contribution is 7.54. The highest BCUT2D eigenvalue weighted by Gasteiger charge is 2.30. The minimum Gasteiger partial charge on any atom is -0.469 e. The molecule has 0 spiro atoms. The summed E-state index contributed by atoms with van der Waals surface area (Å²) in [5.41, 5.74) is 1.75. The van der Waals surface area contributed by atoms with E-state index in [1.54, 1.807) is 0 Å². The molecule has 0 aromatic rings. The second-order valence-electron chi connectivity index (χ2n) is 5.98. The molecule has 0 radical (unpaired) electrons. The van der Waals surface area contributed by atoms with Gasteiger partial charge in [0.25, 0.3) is 0 Å². The van der Waals surface area contributed by atoms with Crippen molar-refractivity contribution in [3.8, 4) is 0 Å². The van der Waals surface area contributed by atoms with Gasteiger partial charge in [0.05, 0.1) is 13.3 Å². The number of rotatable bonds is 12. The average Bonchev–Trinajstić information content (AvgIpc) is 2.93. The Kier molecular flexibility index (Phi) is 9.49. The molecule has 0 N–H and O–H groups in total. The first kappa shape index (κ1) is 21.1. The molecule has 1 aliphatic rings. The van der Waals surface area contributed by atoms with Crippen molar-refractivity contribution in [3.05, 3.63) is 11.1 Å². The molecule has 0 aromatic heterocycles. The molecule has 7 heteroatoms. The summed E-state index contributed by atoms with van der Waals surface area (Å²) in [6.07, 6.45) is 7.34. The monoisotopic (exact) mass is 360 g/mol. The van der Waals surface area contributed by atoms with Crippen LogP contribution in [0.2, 0.25) is 0 Å². The Morgan fingerprint density at radius 1 is 1.00 bits per heavy atom. The standard InChI is InChI=1S/C17H29O6P/c1-21-17(19)10-8-6-4-5-7-9-15-14(11-12-16(15)18)13-24(20,22-2)23-3/h4-13H2,1-3H3. The minimum absolute atomic E-state index is 0.162. The molecule has 0 atom stereocenters. The molecule has 0 aromatic carbocycles. The molecular formula is C17H29O6P. The zero-order valence-corrected chi connectivity index (χ0v) is 15.9. The third-order valence-electron chi connectivity index (χ3n) is 4.39. The Hall–Kier alpha value is -0.970. The summed E-state index contributed by atoms with van der Waals surface area (Å²) >= 11 is 0. The number of carbonyl (C=O) groups excluding carboxylic acids is 2. The second-order valence-corrected chi connectivity index (χ2v) is 8.25. The topological polar surface area (TPSA) is 78.9 Å². The minimum atomic E-state index is -3.11. The van der Waals surface area contributed by atoms with Crippen molar-refractivity contribution < 1.29 is 27.9 Å². The smallest absolute Gasteiger partial charge is 0.334 e. The van der Waals surface area contributed by atoms with Crippen LogP contribution in [0.15, 0.2) is 11.1 Å². The number of esters is 1. The summed E-state index contributed by atoms with van der Waals surface area (Å²) in [5, 5.41) is 0. The lowest BCUT2D eigenvalue weighted by Gasteiger charge is -2.15. The molecule has 0 bridgehead atoms. The molecule has 0 unspecified atom stereocenters. The maximum Gasteiger partial charge on any atom is 0.334 e. The fourth-order valence-electron chi connectivity index (χ4n) is 2.89. The van der Waals surface area contributed by atoms with E-state index in [9.17, 15) is 14.2 Å². The summed E-state index contributed by atoms with van der Waals surface area (Å²) in [6.45, 7) is 0. The van der Waals surface area contributed by atoms with Gasteiger partial charge in [-0.05, 0) is 31.3 Å². The first-order valence-corrected chi connectivity index (χ1v) is 10.2. The van der Waals surface area contributed by atoms with Gasteiger partial charge in [-0.3, -0.25) is 14.2 Å². The molecule has 0 aliphatic heterocycles. The van der Waals surface area contributed by atoms with Crippen molar-refractivity contribution in [1.29, 1.82) is 0 Å². The fourth-order valence-corrected chi connectivity index (χ4v) is 4.12. The van der Waals surface area contributed by atoms with Crippen molar-refractivity contribution >= 4 is 19.3 Å². The van der Waals surface area contributed by atoms with E-state index in [2.05, 4.69) is 4.74 Å². The number of unbranched alkanes of at least 4 members (excludes halogenated alkanes) is 4. The number of allylic oxidation sites excluding steroid dienone is 2. The number of hydrogen-bond acceptors (Lipinski definition) is 6. The van der Waals surface area contributed by atoms with Crippen molar-refractivity contribution in [2.45, 2.75) is 57.8 Å². The van der Waals surface area contributed by atoms with Gasteiger partial charge in [0.15, 0.2) is 5.78 Å². The number of Topliss-reactive ketones (excluding diaryl/α,β-unsaturated/α-hetero) is 1. The SMILES string of the molecule is COC(=O)CCCCCCCC1=C(CP(=O)(OC)OC)CCC1=O. The van der Waals surface area contributed by atoms with E-state index < -0.39 is 7.60 Å². The molecule has 1 aliphatic carbocycles. The molecular weight excluding hydrogens is 331 g/mol.